The van der Waals surface area contributed by atoms with E-state index in [0.717, 1.165) is 59.7 Å². The number of carbonyl (C=O) groups is 4. The maximum atomic E-state index is 14.2. The molecule has 18 heteroatoms. The summed E-state index contributed by atoms with van der Waals surface area (Å²) in [6, 6.07) is 22.5. The van der Waals surface area contributed by atoms with Gasteiger partial charge in [0.15, 0.2) is 0 Å². The fourth-order valence-electron chi connectivity index (χ4n) is 9.98. The van der Waals surface area contributed by atoms with E-state index in [2.05, 4.69) is 24.5 Å². The topological polar surface area (TPSA) is 153 Å². The Balaban J connectivity index is 0.906. The van der Waals surface area contributed by atoms with Crippen molar-refractivity contribution in [1.29, 1.82) is 10.5 Å². The first-order chi connectivity index (χ1) is 33.4. The summed E-state index contributed by atoms with van der Waals surface area (Å²) in [5.41, 5.74) is 0.932. The number of urea groups is 2. The van der Waals surface area contributed by atoms with Crippen molar-refractivity contribution in [3.8, 4) is 12.1 Å². The molecule has 2 N–H and O–H groups in total. The second-order valence-electron chi connectivity index (χ2n) is 18.0. The average molecular weight is 963 g/mol. The molecule has 8 rings (SSSR count). The quantitative estimate of drug-likeness (QED) is 0.0894. The molecule has 0 spiro atoms. The molecule has 0 radical (unpaired) electrons. The zero-order chi connectivity index (χ0) is 50.1. The maximum absolute atomic E-state index is 14.2. The number of anilines is 2. The number of nitriles is 2. The van der Waals surface area contributed by atoms with E-state index in [-0.39, 0.29) is 70.7 Å². The molecule has 4 aliphatic heterocycles. The van der Waals surface area contributed by atoms with Crippen molar-refractivity contribution in [3.63, 3.8) is 0 Å². The van der Waals surface area contributed by atoms with Gasteiger partial charge in [-0.1, -0.05) is 69.5 Å². The minimum absolute atomic E-state index is 0.000605. The van der Waals surface area contributed by atoms with E-state index in [1.54, 1.807) is 58.3 Å². The predicted molar refractivity (Wildman–Crippen MR) is 246 cm³/mol. The number of hydrogen-bond acceptors (Lipinski definition) is 6. The molecule has 4 aliphatic rings. The molecule has 4 aromatic carbocycles. The van der Waals surface area contributed by atoms with Gasteiger partial charge in [-0.05, 0) is 103 Å². The van der Waals surface area contributed by atoms with Crippen LogP contribution in [0.4, 0.5) is 47.3 Å². The minimum atomic E-state index is -4.66. The van der Waals surface area contributed by atoms with Gasteiger partial charge in [0.1, 0.15) is 0 Å². The lowest BCUT2D eigenvalue weighted by Gasteiger charge is -2.34. The number of unbranched alkanes of at least 4 members (excludes halogenated alkanes) is 1. The van der Waals surface area contributed by atoms with Gasteiger partial charge in [-0.2, -0.15) is 36.9 Å². The van der Waals surface area contributed by atoms with Crippen LogP contribution in [-0.4, -0.2) is 59.9 Å². The highest BCUT2D eigenvalue weighted by molar-refractivity contribution is 6.08. The second kappa shape index (κ2) is 19.8. The first kappa shape index (κ1) is 48.8. The Morgan fingerprint density at radius 3 is 1.44 bits per heavy atom. The highest BCUT2D eigenvalue weighted by atomic mass is 19.4. The third kappa shape index (κ3) is 9.81. The maximum Gasteiger partial charge on any atom is 0.416 e. The molecule has 0 bridgehead atoms. The summed E-state index contributed by atoms with van der Waals surface area (Å²) in [7, 11) is 0. The zero-order valence-corrected chi connectivity index (χ0v) is 38.2. The number of hydrogen-bond donors (Lipinski definition) is 2. The van der Waals surface area contributed by atoms with Crippen LogP contribution in [0.5, 0.6) is 0 Å². The van der Waals surface area contributed by atoms with E-state index < -0.39 is 47.6 Å². The molecule has 12 nitrogen and oxygen atoms in total. The minimum Gasteiger partial charge on any atom is -0.333 e. The lowest BCUT2D eigenvalue weighted by molar-refractivity contribution is -0.138. The molecule has 362 valence electrons. The van der Waals surface area contributed by atoms with Crippen LogP contribution in [0.25, 0.3) is 0 Å². The van der Waals surface area contributed by atoms with Crippen molar-refractivity contribution in [2.45, 2.75) is 76.8 Å². The molecule has 2 unspecified atom stereocenters. The van der Waals surface area contributed by atoms with Crippen LogP contribution in [0.1, 0.15) is 97.8 Å². The Kier molecular flexibility index (Phi) is 13.8. The number of halogens is 6. The first-order valence-corrected chi connectivity index (χ1v) is 23.0. The zero-order valence-electron chi connectivity index (χ0n) is 38.2. The van der Waals surface area contributed by atoms with Crippen molar-refractivity contribution in [2.75, 3.05) is 36.0 Å². The normalized spacial score (nSPS) is 19.2. The Morgan fingerprint density at radius 1 is 0.614 bits per heavy atom. The molecular formula is C52H48F6N8O4. The largest absolute Gasteiger partial charge is 0.416 e. The molecule has 4 atom stereocenters. The van der Waals surface area contributed by atoms with Gasteiger partial charge in [-0.15, -0.1) is 0 Å². The van der Waals surface area contributed by atoms with Crippen molar-refractivity contribution >= 4 is 35.3 Å². The van der Waals surface area contributed by atoms with Gasteiger partial charge in [-0.3, -0.25) is 19.4 Å². The van der Waals surface area contributed by atoms with E-state index in [0.29, 0.717) is 48.2 Å². The SMILES string of the molecule is CCC(CCCN1CC2=C(C1=O)[C@@H](c1ccc(C#N)cc1)NC(=O)N2c1cccc(C(F)(F)F)c1)C(C)CCCCN1CC2=C(C1=O)[C@@H](c1ccc(C#N)cc1)NC(=O)N2c1cccc(C(F)(F)F)c1. The Bertz CT molecular complexity index is 2850. The van der Waals surface area contributed by atoms with E-state index in [1.807, 2.05) is 12.1 Å². The van der Waals surface area contributed by atoms with Crippen LogP contribution in [0, 0.1) is 34.5 Å². The summed E-state index contributed by atoms with van der Waals surface area (Å²) in [6.45, 7) is 4.89. The van der Waals surface area contributed by atoms with Gasteiger partial charge < -0.3 is 20.4 Å². The standard InChI is InChI=1S/C52H48F6N8O4/c1-3-34(10-8-24-64-30-42-44(48(64)68)46(36-21-17-33(28-60)18-22-36)62-50(70)66(42)40-14-7-12-38(26-40)52(56,57)58)31(2)9-4-5-23-63-29-41-43(47(63)67)45(35-19-15-32(27-59)16-20-35)61-49(69)65(41)39-13-6-11-37(25-39)51(53,54)55/h6-7,11-22,25-26,31,34,45-46H,3-5,8-10,23-24,29-30H2,1-2H3,(H,61,69)(H,62,70)/t31?,34?,45-,46-/m1/s1. The molecule has 6 amide bonds. The summed E-state index contributed by atoms with van der Waals surface area (Å²) in [5.74, 6) is -0.208. The Labute approximate surface area is 400 Å². The smallest absolute Gasteiger partial charge is 0.333 e. The third-order valence-corrected chi connectivity index (χ3v) is 13.7. The molecule has 4 heterocycles. The number of nitrogens with zero attached hydrogens (tertiary/aromatic N) is 6. The predicted octanol–water partition coefficient (Wildman–Crippen LogP) is 10.5. The van der Waals surface area contributed by atoms with E-state index >= 15 is 0 Å². The molecule has 0 saturated heterocycles. The molecule has 0 fully saturated rings. The number of amides is 6. The second-order valence-corrected chi connectivity index (χ2v) is 18.0. The van der Waals surface area contributed by atoms with Gasteiger partial charge in [0.25, 0.3) is 11.8 Å². The molecule has 4 aromatic rings. The fraction of sp³-hybridized carbons (Fsp3) is 0.346. The summed E-state index contributed by atoms with van der Waals surface area (Å²) >= 11 is 0. The van der Waals surface area contributed by atoms with Gasteiger partial charge in [0, 0.05) is 13.1 Å². The molecule has 0 saturated carbocycles. The lowest BCUT2D eigenvalue weighted by atomic mass is 9.84. The number of rotatable bonds is 15. The Morgan fingerprint density at radius 2 is 1.04 bits per heavy atom. The van der Waals surface area contributed by atoms with Crippen LogP contribution in [0.15, 0.2) is 120 Å². The number of benzene rings is 4. The third-order valence-electron chi connectivity index (χ3n) is 13.7. The van der Waals surface area contributed by atoms with Crippen LogP contribution in [0.3, 0.4) is 0 Å². The van der Waals surface area contributed by atoms with Gasteiger partial charge in [0.2, 0.25) is 0 Å². The highest BCUT2D eigenvalue weighted by Gasteiger charge is 2.47. The summed E-state index contributed by atoms with van der Waals surface area (Å²) < 4.78 is 82.7. The van der Waals surface area contributed by atoms with E-state index in [4.69, 9.17) is 0 Å². The van der Waals surface area contributed by atoms with Gasteiger partial charge >= 0.3 is 24.4 Å². The highest BCUT2D eigenvalue weighted by Crippen LogP contribution is 2.43. The fourth-order valence-corrected chi connectivity index (χ4v) is 9.98. The van der Waals surface area contributed by atoms with Crippen molar-refractivity contribution in [2.24, 2.45) is 11.8 Å². The molecule has 70 heavy (non-hydrogen) atoms. The summed E-state index contributed by atoms with van der Waals surface area (Å²) in [6.07, 6.45) is -4.97. The molecule has 0 aliphatic carbocycles. The van der Waals surface area contributed by atoms with E-state index in [9.17, 15) is 56.0 Å². The molecular weight excluding hydrogens is 915 g/mol. The first-order valence-electron chi connectivity index (χ1n) is 23.0. The number of carbonyl (C=O) groups excluding carboxylic acids is 4. The van der Waals surface area contributed by atoms with Crippen molar-refractivity contribution < 1.29 is 45.5 Å². The average Bonchev–Trinajstić information content (AvgIpc) is 3.85. The van der Waals surface area contributed by atoms with Crippen LogP contribution >= 0.6 is 0 Å². The van der Waals surface area contributed by atoms with Crippen LogP contribution in [0.2, 0.25) is 0 Å². The molecule has 0 aromatic heterocycles. The van der Waals surface area contributed by atoms with Crippen LogP contribution in [-0.2, 0) is 21.9 Å². The van der Waals surface area contributed by atoms with Gasteiger partial charge in [0.05, 0.1) is 93.5 Å². The summed E-state index contributed by atoms with van der Waals surface area (Å²) in [4.78, 5) is 61.4. The van der Waals surface area contributed by atoms with Crippen molar-refractivity contribution in [3.05, 3.63) is 153 Å². The lowest BCUT2D eigenvalue weighted by Crippen LogP contribution is -2.47. The Hall–Kier alpha value is -7.60. The van der Waals surface area contributed by atoms with Gasteiger partial charge in [-0.25, -0.2) is 9.59 Å². The number of alkyl halides is 6. The van der Waals surface area contributed by atoms with Crippen molar-refractivity contribution in [1.82, 2.24) is 20.4 Å². The number of nitrogens with one attached hydrogen (secondary N) is 2. The van der Waals surface area contributed by atoms with Crippen LogP contribution < -0.4 is 20.4 Å². The monoisotopic (exact) mass is 962 g/mol. The summed E-state index contributed by atoms with van der Waals surface area (Å²) in [5, 5.41) is 24.3. The van der Waals surface area contributed by atoms with E-state index in [1.165, 1.54) is 24.3 Å².